The van der Waals surface area contributed by atoms with E-state index in [-0.39, 0.29) is 6.42 Å². The number of carbonyl (C=O) groups excluding carboxylic acids is 3. The Balaban J connectivity index is 4.51. The van der Waals surface area contributed by atoms with Crippen LogP contribution in [0.4, 0.5) is 0 Å². The van der Waals surface area contributed by atoms with Crippen LogP contribution in [0.2, 0.25) is 0 Å². The summed E-state index contributed by atoms with van der Waals surface area (Å²) in [4.78, 5) is 39.6. The Labute approximate surface area is 416 Å². The highest BCUT2D eigenvalue weighted by Crippen LogP contribution is 2.22. The fraction of sp³-hybridized carbons (Fsp3) is 0.852. The molecule has 0 heterocycles. The van der Waals surface area contributed by atoms with Crippen LogP contribution < -0.4 is 0 Å². The fourth-order valence-corrected chi connectivity index (χ4v) is 8.69. The van der Waals surface area contributed by atoms with Gasteiger partial charge < -0.3 is 14.2 Å². The van der Waals surface area contributed by atoms with E-state index in [9.17, 15) is 14.4 Å². The van der Waals surface area contributed by atoms with Gasteiger partial charge in [-0.2, -0.15) is 0 Å². The van der Waals surface area contributed by atoms with Crippen molar-refractivity contribution in [2.75, 3.05) is 19.8 Å². The molecule has 0 N–H and O–H groups in total. The van der Waals surface area contributed by atoms with Gasteiger partial charge in [0, 0.05) is 0 Å². The molecule has 0 spiro atoms. The summed E-state index contributed by atoms with van der Waals surface area (Å²) in [5, 5.41) is 0. The lowest BCUT2D eigenvalue weighted by atomic mass is 9.91. The molecule has 0 amide bonds. The first-order chi connectivity index (χ1) is 33.0. The molecule has 0 aliphatic carbocycles. The van der Waals surface area contributed by atoms with Gasteiger partial charge in [-0.05, 0) is 96.3 Å². The summed E-state index contributed by atoms with van der Waals surface area (Å²) < 4.78 is 16.9. The monoisotopic (exact) mass is 941 g/mol. The number of ether oxygens (including phenoxy) is 3. The Morgan fingerprint density at radius 1 is 0.313 bits per heavy atom. The van der Waals surface area contributed by atoms with Crippen LogP contribution in [0.15, 0.2) is 36.5 Å². The normalized spacial score (nSPS) is 12.7. The maximum Gasteiger partial charge on any atom is 0.310 e. The van der Waals surface area contributed by atoms with Crippen molar-refractivity contribution in [3.05, 3.63) is 36.5 Å². The highest BCUT2D eigenvalue weighted by atomic mass is 16.5. The van der Waals surface area contributed by atoms with Crippen molar-refractivity contribution in [1.29, 1.82) is 0 Å². The average molecular weight is 942 g/mol. The van der Waals surface area contributed by atoms with Gasteiger partial charge >= 0.3 is 17.9 Å². The van der Waals surface area contributed by atoms with Gasteiger partial charge in [-0.1, -0.05) is 238 Å². The molecule has 6 heteroatoms. The summed E-state index contributed by atoms with van der Waals surface area (Å²) in [5.74, 6) is -3.07. The molecule has 0 aromatic rings. The molecular weight excluding hydrogens is 829 g/mol. The number of carbonyl (C=O) groups is 3. The number of allylic oxidation sites excluding steroid dienone is 6. The van der Waals surface area contributed by atoms with E-state index in [1.165, 1.54) is 199 Å². The smallest absolute Gasteiger partial charge is 0.310 e. The molecule has 0 fully saturated rings. The van der Waals surface area contributed by atoms with Crippen LogP contribution in [-0.2, 0) is 28.6 Å². The standard InChI is InChI=1S/C61H112O6/c1-5-8-11-14-17-20-23-26-29-32-35-38-41-44-47-50-53-65-59(62)56-58(61(64)67-55-52-49-46-43-40-37-34-31-28-25-22-19-16-13-10-7-3)57(4)60(63)66-54-51-48-45-42-39-36-33-30-27-24-21-18-15-12-9-6-2/h26-31,57-58H,5-25,32-56H2,1-4H3/b29-26-,30-27-,31-28-. The van der Waals surface area contributed by atoms with E-state index in [2.05, 4.69) is 57.2 Å². The van der Waals surface area contributed by atoms with E-state index in [0.29, 0.717) is 19.8 Å². The van der Waals surface area contributed by atoms with Gasteiger partial charge in [-0.3, -0.25) is 14.4 Å². The molecular formula is C61H112O6. The van der Waals surface area contributed by atoms with Crippen LogP contribution >= 0.6 is 0 Å². The van der Waals surface area contributed by atoms with E-state index in [4.69, 9.17) is 14.2 Å². The average Bonchev–Trinajstić information content (AvgIpc) is 3.33. The molecule has 0 aromatic carbocycles. The highest BCUT2D eigenvalue weighted by molar-refractivity contribution is 5.85. The van der Waals surface area contributed by atoms with E-state index < -0.39 is 29.7 Å². The van der Waals surface area contributed by atoms with E-state index in [1.54, 1.807) is 6.92 Å². The minimum Gasteiger partial charge on any atom is -0.466 e. The van der Waals surface area contributed by atoms with Gasteiger partial charge in [0.15, 0.2) is 0 Å². The van der Waals surface area contributed by atoms with Gasteiger partial charge in [-0.25, -0.2) is 0 Å². The number of rotatable bonds is 53. The van der Waals surface area contributed by atoms with E-state index in [0.717, 1.165) is 70.6 Å². The first-order valence-corrected chi connectivity index (χ1v) is 29.4. The quantitative estimate of drug-likeness (QED) is 0.0262. The molecule has 0 radical (unpaired) electrons. The Morgan fingerprint density at radius 3 is 0.851 bits per heavy atom. The number of unbranched alkanes of at least 4 members (excludes halogenated alkanes) is 36. The van der Waals surface area contributed by atoms with Gasteiger partial charge in [-0.15, -0.1) is 0 Å². The van der Waals surface area contributed by atoms with Crippen molar-refractivity contribution in [1.82, 2.24) is 0 Å². The second kappa shape index (κ2) is 54.6. The fourth-order valence-electron chi connectivity index (χ4n) is 8.69. The topological polar surface area (TPSA) is 78.9 Å². The predicted octanol–water partition coefficient (Wildman–Crippen LogP) is 19.4. The Morgan fingerprint density at radius 2 is 0.552 bits per heavy atom. The third-order valence-corrected chi connectivity index (χ3v) is 13.4. The molecule has 0 saturated heterocycles. The predicted molar refractivity (Wildman–Crippen MR) is 289 cm³/mol. The third kappa shape index (κ3) is 48.4. The van der Waals surface area contributed by atoms with Crippen molar-refractivity contribution < 1.29 is 28.6 Å². The maximum atomic E-state index is 13.4. The molecule has 0 rings (SSSR count). The zero-order valence-electron chi connectivity index (χ0n) is 45.1. The summed E-state index contributed by atoms with van der Waals surface area (Å²) in [6.45, 7) is 9.47. The lowest BCUT2D eigenvalue weighted by Gasteiger charge is -2.21. The first kappa shape index (κ1) is 64.6. The second-order valence-corrected chi connectivity index (χ2v) is 20.0. The van der Waals surface area contributed by atoms with Crippen LogP contribution in [0.5, 0.6) is 0 Å². The van der Waals surface area contributed by atoms with Crippen LogP contribution in [0.25, 0.3) is 0 Å². The zero-order chi connectivity index (χ0) is 48.8. The summed E-state index contributed by atoms with van der Waals surface area (Å²) in [7, 11) is 0. The molecule has 0 saturated carbocycles. The maximum absolute atomic E-state index is 13.4. The van der Waals surface area contributed by atoms with Crippen LogP contribution in [0.1, 0.15) is 304 Å². The SMILES string of the molecule is CCCCCCCC/C=C\CCCCCCCCOC(=O)CC(C(=O)OCCCCCCCC/C=C\CCCCCCCC)C(C)C(=O)OCCCCCCCC/C=C\CCCCCCCC. The second-order valence-electron chi connectivity index (χ2n) is 20.0. The van der Waals surface area contributed by atoms with Crippen LogP contribution in [0.3, 0.4) is 0 Å². The minimum atomic E-state index is -0.909. The molecule has 2 unspecified atom stereocenters. The zero-order valence-corrected chi connectivity index (χ0v) is 45.1. The summed E-state index contributed by atoms with van der Waals surface area (Å²) in [6.07, 6.45) is 65.2. The Bertz CT molecular complexity index is 1140. The molecule has 0 bridgehead atoms. The number of esters is 3. The largest absolute Gasteiger partial charge is 0.466 e. The van der Waals surface area contributed by atoms with Crippen molar-refractivity contribution in [2.45, 2.75) is 304 Å². The van der Waals surface area contributed by atoms with Gasteiger partial charge in [0.2, 0.25) is 0 Å². The molecule has 0 aliphatic rings. The van der Waals surface area contributed by atoms with Gasteiger partial charge in [0.1, 0.15) is 0 Å². The van der Waals surface area contributed by atoms with E-state index >= 15 is 0 Å². The molecule has 392 valence electrons. The molecule has 2 atom stereocenters. The number of hydrogen-bond donors (Lipinski definition) is 0. The summed E-state index contributed by atoms with van der Waals surface area (Å²) in [5.41, 5.74) is 0. The molecule has 0 aromatic heterocycles. The Hall–Kier alpha value is -2.37. The minimum absolute atomic E-state index is 0.164. The van der Waals surface area contributed by atoms with Crippen molar-refractivity contribution in [3.63, 3.8) is 0 Å². The van der Waals surface area contributed by atoms with E-state index in [1.807, 2.05) is 0 Å². The molecule has 67 heavy (non-hydrogen) atoms. The molecule has 6 nitrogen and oxygen atoms in total. The first-order valence-electron chi connectivity index (χ1n) is 29.4. The van der Waals surface area contributed by atoms with Crippen molar-refractivity contribution >= 4 is 17.9 Å². The van der Waals surface area contributed by atoms with Gasteiger partial charge in [0.25, 0.3) is 0 Å². The van der Waals surface area contributed by atoms with Crippen molar-refractivity contribution in [3.8, 4) is 0 Å². The third-order valence-electron chi connectivity index (χ3n) is 13.4. The van der Waals surface area contributed by atoms with Crippen molar-refractivity contribution in [2.24, 2.45) is 11.8 Å². The van der Waals surface area contributed by atoms with Gasteiger partial charge in [0.05, 0.1) is 38.1 Å². The summed E-state index contributed by atoms with van der Waals surface area (Å²) in [6, 6.07) is 0. The lowest BCUT2D eigenvalue weighted by Crippen LogP contribution is -2.33. The lowest BCUT2D eigenvalue weighted by molar-refractivity contribution is -0.164. The molecule has 0 aliphatic heterocycles. The van der Waals surface area contributed by atoms with Crippen LogP contribution in [-0.4, -0.2) is 37.7 Å². The van der Waals surface area contributed by atoms with Crippen LogP contribution in [0, 0.1) is 11.8 Å². The highest BCUT2D eigenvalue weighted by Gasteiger charge is 2.35. The Kier molecular flexibility index (Phi) is 52.6. The number of hydrogen-bond acceptors (Lipinski definition) is 6. The summed E-state index contributed by atoms with van der Waals surface area (Å²) >= 11 is 0.